The predicted octanol–water partition coefficient (Wildman–Crippen LogP) is 2.66. The van der Waals surface area contributed by atoms with Gasteiger partial charge in [0.05, 0.1) is 5.69 Å². The molecule has 1 aliphatic carbocycles. The fraction of sp³-hybridized carbons (Fsp3) is 0.462. The number of halogens is 3. The minimum Gasteiger partial charge on any atom is -0.455 e. The van der Waals surface area contributed by atoms with Crippen molar-refractivity contribution in [3.05, 3.63) is 35.0 Å². The summed E-state index contributed by atoms with van der Waals surface area (Å²) in [5.74, 6) is -1.60. The molecular weight excluding hydrogens is 303 g/mol. The van der Waals surface area contributed by atoms with E-state index in [1.807, 2.05) is 0 Å². The van der Waals surface area contributed by atoms with E-state index in [1.54, 1.807) is 13.2 Å². The van der Waals surface area contributed by atoms with Gasteiger partial charge in [0.1, 0.15) is 17.9 Å². The lowest BCUT2D eigenvalue weighted by Gasteiger charge is -2.02. The van der Waals surface area contributed by atoms with Gasteiger partial charge in [0.25, 0.3) is 0 Å². The van der Waals surface area contributed by atoms with Crippen LogP contribution in [-0.4, -0.2) is 20.9 Å². The van der Waals surface area contributed by atoms with Crippen LogP contribution in [0.25, 0.3) is 0 Å². The van der Waals surface area contributed by atoms with E-state index in [1.165, 1.54) is 4.68 Å². The van der Waals surface area contributed by atoms with Crippen LogP contribution in [0.15, 0.2) is 16.8 Å². The zero-order chi connectivity index (χ0) is 15.9. The number of hydrogen-bond donors (Lipinski definition) is 0. The highest BCUT2D eigenvalue weighted by Gasteiger charge is 2.36. The second kappa shape index (κ2) is 5.15. The Hall–Kier alpha value is -2.32. The Kier molecular flexibility index (Phi) is 3.42. The van der Waals surface area contributed by atoms with Crippen LogP contribution in [0.3, 0.4) is 0 Å². The Morgan fingerprint density at radius 3 is 2.82 bits per heavy atom. The molecule has 0 amide bonds. The monoisotopic (exact) mass is 315 g/mol. The molecular formula is C13H12F3N3O3. The molecule has 0 spiro atoms. The average Bonchev–Trinajstić information content (AvgIpc) is 3.02. The number of nitrogens with zero attached hydrogens (tertiary/aromatic N) is 3. The van der Waals surface area contributed by atoms with Gasteiger partial charge in [-0.3, -0.25) is 4.68 Å². The van der Waals surface area contributed by atoms with Crippen LogP contribution < -0.4 is 0 Å². The summed E-state index contributed by atoms with van der Waals surface area (Å²) in [5.41, 5.74) is 0.908. The van der Waals surface area contributed by atoms with E-state index in [0.717, 1.165) is 12.8 Å². The molecule has 22 heavy (non-hydrogen) atoms. The van der Waals surface area contributed by atoms with Gasteiger partial charge in [-0.1, -0.05) is 5.16 Å². The van der Waals surface area contributed by atoms with Crippen molar-refractivity contribution in [3.63, 3.8) is 0 Å². The Bertz CT molecular complexity index is 701. The van der Waals surface area contributed by atoms with Gasteiger partial charge in [-0.2, -0.15) is 18.3 Å². The number of rotatable bonds is 4. The molecule has 0 aliphatic heterocycles. The molecule has 1 fully saturated rings. The number of carbonyl (C=O) groups is 1. The van der Waals surface area contributed by atoms with Crippen molar-refractivity contribution in [2.24, 2.45) is 7.05 Å². The van der Waals surface area contributed by atoms with Gasteiger partial charge in [-0.25, -0.2) is 4.79 Å². The maximum absolute atomic E-state index is 12.4. The first-order chi connectivity index (χ1) is 10.3. The third-order valence-corrected chi connectivity index (χ3v) is 3.23. The standard InChI is InChI=1S/C13H12F3N3O3/c1-19-5-9(11(17-19)7-2-3-7)12(20)21-6-8-4-10(22-18-8)13(14,15)16/h4-5,7H,2-3,6H2,1H3. The van der Waals surface area contributed by atoms with Gasteiger partial charge < -0.3 is 9.26 Å². The van der Waals surface area contributed by atoms with Crippen LogP contribution in [0.5, 0.6) is 0 Å². The van der Waals surface area contributed by atoms with Crippen LogP contribution in [0.2, 0.25) is 0 Å². The fourth-order valence-corrected chi connectivity index (χ4v) is 2.05. The number of ether oxygens (including phenoxy) is 1. The molecule has 1 aliphatic rings. The van der Waals surface area contributed by atoms with E-state index in [-0.39, 0.29) is 11.6 Å². The van der Waals surface area contributed by atoms with Crippen molar-refractivity contribution in [1.82, 2.24) is 14.9 Å². The molecule has 0 unspecified atom stereocenters. The Labute approximate surface area is 122 Å². The number of aromatic nitrogens is 3. The minimum atomic E-state index is -4.61. The predicted molar refractivity (Wildman–Crippen MR) is 65.8 cm³/mol. The first-order valence-corrected chi connectivity index (χ1v) is 6.58. The highest BCUT2D eigenvalue weighted by atomic mass is 19.4. The van der Waals surface area contributed by atoms with Crippen molar-refractivity contribution in [3.8, 4) is 0 Å². The van der Waals surface area contributed by atoms with Gasteiger partial charge >= 0.3 is 12.1 Å². The second-order valence-electron chi connectivity index (χ2n) is 5.13. The summed E-state index contributed by atoms with van der Waals surface area (Å²) >= 11 is 0. The zero-order valence-electron chi connectivity index (χ0n) is 11.6. The number of hydrogen-bond acceptors (Lipinski definition) is 5. The van der Waals surface area contributed by atoms with Crippen molar-refractivity contribution in [2.75, 3.05) is 0 Å². The van der Waals surface area contributed by atoms with Crippen molar-refractivity contribution < 1.29 is 27.2 Å². The summed E-state index contributed by atoms with van der Waals surface area (Å²) in [6.07, 6.45) is -1.14. The molecule has 6 nitrogen and oxygen atoms in total. The minimum absolute atomic E-state index is 0.0995. The van der Waals surface area contributed by atoms with Gasteiger partial charge in [0.15, 0.2) is 0 Å². The Balaban J connectivity index is 1.66. The molecule has 118 valence electrons. The summed E-state index contributed by atoms with van der Waals surface area (Å²) in [6.45, 7) is -0.391. The molecule has 2 aromatic rings. The molecule has 9 heteroatoms. The number of carbonyl (C=O) groups excluding carboxylic acids is 1. The highest BCUT2D eigenvalue weighted by molar-refractivity contribution is 5.90. The summed E-state index contributed by atoms with van der Waals surface area (Å²) in [6, 6.07) is 0.707. The number of esters is 1. The summed E-state index contributed by atoms with van der Waals surface area (Å²) in [7, 11) is 1.69. The molecule has 0 N–H and O–H groups in total. The Morgan fingerprint density at radius 2 is 2.23 bits per heavy atom. The molecule has 3 rings (SSSR count). The van der Waals surface area contributed by atoms with Crippen molar-refractivity contribution in [2.45, 2.75) is 31.5 Å². The van der Waals surface area contributed by atoms with E-state index in [2.05, 4.69) is 14.8 Å². The van der Waals surface area contributed by atoms with Gasteiger partial charge in [-0.15, -0.1) is 0 Å². The third-order valence-electron chi connectivity index (χ3n) is 3.23. The second-order valence-corrected chi connectivity index (χ2v) is 5.13. The van der Waals surface area contributed by atoms with Crippen LogP contribution >= 0.6 is 0 Å². The van der Waals surface area contributed by atoms with E-state index in [9.17, 15) is 18.0 Å². The lowest BCUT2D eigenvalue weighted by molar-refractivity contribution is -0.155. The van der Waals surface area contributed by atoms with Gasteiger partial charge in [0.2, 0.25) is 5.76 Å². The lowest BCUT2D eigenvalue weighted by Crippen LogP contribution is -2.07. The molecule has 1 saturated carbocycles. The Morgan fingerprint density at radius 1 is 1.50 bits per heavy atom. The van der Waals surface area contributed by atoms with Gasteiger partial charge in [0, 0.05) is 25.2 Å². The van der Waals surface area contributed by atoms with Crippen LogP contribution in [0, 0.1) is 0 Å². The largest absolute Gasteiger partial charge is 0.455 e. The van der Waals surface area contributed by atoms with E-state index in [0.29, 0.717) is 17.3 Å². The number of alkyl halides is 3. The highest BCUT2D eigenvalue weighted by Crippen LogP contribution is 2.40. The van der Waals surface area contributed by atoms with E-state index >= 15 is 0 Å². The smallest absolute Gasteiger partial charge is 0.452 e. The SMILES string of the molecule is Cn1cc(C(=O)OCc2cc(C(F)(F)F)on2)c(C2CC2)n1. The van der Waals surface area contributed by atoms with Gasteiger partial charge in [-0.05, 0) is 12.8 Å². The molecule has 0 aromatic carbocycles. The molecule has 0 atom stereocenters. The van der Waals surface area contributed by atoms with Crippen LogP contribution in [0.1, 0.15) is 46.3 Å². The molecule has 0 saturated heterocycles. The third kappa shape index (κ3) is 2.97. The maximum atomic E-state index is 12.4. The van der Waals surface area contributed by atoms with Crippen LogP contribution in [-0.2, 0) is 24.6 Å². The summed E-state index contributed by atoms with van der Waals surface area (Å²) in [4.78, 5) is 12.0. The number of aryl methyl sites for hydroxylation is 1. The topological polar surface area (TPSA) is 70.2 Å². The molecule has 2 aromatic heterocycles. The van der Waals surface area contributed by atoms with E-state index < -0.39 is 24.5 Å². The molecule has 2 heterocycles. The fourth-order valence-electron chi connectivity index (χ4n) is 2.05. The summed E-state index contributed by atoms with van der Waals surface area (Å²) < 4.78 is 47.8. The van der Waals surface area contributed by atoms with E-state index in [4.69, 9.17) is 4.74 Å². The van der Waals surface area contributed by atoms with Crippen molar-refractivity contribution >= 4 is 5.97 Å². The first-order valence-electron chi connectivity index (χ1n) is 6.58. The normalized spacial score (nSPS) is 15.1. The molecule has 0 bridgehead atoms. The lowest BCUT2D eigenvalue weighted by atomic mass is 10.2. The maximum Gasteiger partial charge on any atom is 0.452 e. The summed E-state index contributed by atoms with van der Waals surface area (Å²) in [5, 5.41) is 7.45. The average molecular weight is 315 g/mol. The molecule has 0 radical (unpaired) electrons. The quantitative estimate of drug-likeness (QED) is 0.811. The van der Waals surface area contributed by atoms with Crippen LogP contribution in [0.4, 0.5) is 13.2 Å². The zero-order valence-corrected chi connectivity index (χ0v) is 11.6. The van der Waals surface area contributed by atoms with Crippen molar-refractivity contribution in [1.29, 1.82) is 0 Å². The first kappa shape index (κ1) is 14.6.